The second-order valence-corrected chi connectivity index (χ2v) is 5.15. The van der Waals surface area contributed by atoms with E-state index in [0.717, 1.165) is 30.9 Å². The molecule has 3 atom stereocenters. The van der Waals surface area contributed by atoms with Crippen LogP contribution in [0, 0.1) is 5.92 Å². The van der Waals surface area contributed by atoms with Crippen molar-refractivity contribution in [3.63, 3.8) is 0 Å². The first kappa shape index (κ1) is 11.3. The molecule has 1 aromatic rings. The quantitative estimate of drug-likeness (QED) is 0.837. The molecule has 1 saturated heterocycles. The minimum Gasteiger partial charge on any atom is -0.490 e. The number of aliphatic hydroxyl groups is 1. The summed E-state index contributed by atoms with van der Waals surface area (Å²) in [5.41, 5.74) is 0.799. The fourth-order valence-corrected chi connectivity index (χ4v) is 2.76. The Morgan fingerprint density at radius 1 is 1.35 bits per heavy atom. The van der Waals surface area contributed by atoms with Crippen molar-refractivity contribution >= 4 is 11.6 Å². The molecule has 2 heterocycles. The number of ether oxygens (including phenoxy) is 2. The zero-order valence-corrected chi connectivity index (χ0v) is 10.2. The fourth-order valence-electron chi connectivity index (χ4n) is 2.58. The number of hydrogen-bond donors (Lipinski definition) is 1. The van der Waals surface area contributed by atoms with Gasteiger partial charge in [-0.1, -0.05) is 11.6 Å². The van der Waals surface area contributed by atoms with Gasteiger partial charge >= 0.3 is 0 Å². The Labute approximate surface area is 105 Å². The predicted octanol–water partition coefficient (Wildman–Crippen LogP) is 2.56. The van der Waals surface area contributed by atoms with E-state index in [1.165, 1.54) is 0 Å². The molecule has 0 aliphatic carbocycles. The summed E-state index contributed by atoms with van der Waals surface area (Å²) in [6, 6.07) is 5.41. The van der Waals surface area contributed by atoms with Gasteiger partial charge in [0, 0.05) is 29.5 Å². The number of aliphatic hydroxyl groups excluding tert-OH is 1. The van der Waals surface area contributed by atoms with Gasteiger partial charge in [0.05, 0.1) is 12.7 Å². The number of hydrogen-bond acceptors (Lipinski definition) is 3. The van der Waals surface area contributed by atoms with E-state index in [2.05, 4.69) is 0 Å². The van der Waals surface area contributed by atoms with E-state index in [0.29, 0.717) is 17.4 Å². The molecule has 0 spiro atoms. The van der Waals surface area contributed by atoms with Crippen LogP contribution in [-0.2, 0) is 4.74 Å². The van der Waals surface area contributed by atoms with Gasteiger partial charge < -0.3 is 14.6 Å². The maximum atomic E-state index is 10.1. The van der Waals surface area contributed by atoms with Crippen LogP contribution in [0.1, 0.15) is 24.5 Å². The van der Waals surface area contributed by atoms with Crippen molar-refractivity contribution in [1.29, 1.82) is 0 Å². The third-order valence-electron chi connectivity index (χ3n) is 3.56. The molecule has 0 saturated carbocycles. The molecule has 0 radical (unpaired) electrons. The maximum absolute atomic E-state index is 10.1. The van der Waals surface area contributed by atoms with Crippen LogP contribution in [0.25, 0.3) is 0 Å². The fraction of sp³-hybridized carbons (Fsp3) is 0.538. The van der Waals surface area contributed by atoms with Crippen molar-refractivity contribution in [2.75, 3.05) is 13.2 Å². The molecule has 92 valence electrons. The van der Waals surface area contributed by atoms with Gasteiger partial charge in [0.1, 0.15) is 11.9 Å². The Kier molecular flexibility index (Phi) is 2.99. The van der Waals surface area contributed by atoms with E-state index in [4.69, 9.17) is 21.1 Å². The first-order valence-electron chi connectivity index (χ1n) is 5.96. The van der Waals surface area contributed by atoms with Crippen LogP contribution in [0.2, 0.25) is 5.02 Å². The molecule has 1 N–H and O–H groups in total. The minimum absolute atomic E-state index is 0.0566. The molecular weight excluding hydrogens is 240 g/mol. The highest BCUT2D eigenvalue weighted by atomic mass is 35.5. The van der Waals surface area contributed by atoms with Crippen molar-refractivity contribution < 1.29 is 14.6 Å². The van der Waals surface area contributed by atoms with Crippen LogP contribution in [0.4, 0.5) is 0 Å². The van der Waals surface area contributed by atoms with Crippen LogP contribution in [0.3, 0.4) is 0 Å². The van der Waals surface area contributed by atoms with Crippen LogP contribution >= 0.6 is 11.6 Å². The van der Waals surface area contributed by atoms with Gasteiger partial charge in [0.25, 0.3) is 0 Å². The molecule has 2 aliphatic rings. The summed E-state index contributed by atoms with van der Waals surface area (Å²) in [5.74, 6) is 1.15. The summed E-state index contributed by atoms with van der Waals surface area (Å²) in [6.45, 7) is 1.54. The van der Waals surface area contributed by atoms with Crippen molar-refractivity contribution in [3.05, 3.63) is 28.8 Å². The maximum Gasteiger partial charge on any atom is 0.125 e. The van der Waals surface area contributed by atoms with Crippen LogP contribution < -0.4 is 4.74 Å². The lowest BCUT2D eigenvalue weighted by molar-refractivity contribution is 0.0302. The van der Waals surface area contributed by atoms with Crippen molar-refractivity contribution in [1.82, 2.24) is 0 Å². The van der Waals surface area contributed by atoms with Crippen molar-refractivity contribution in [2.45, 2.75) is 25.0 Å². The zero-order chi connectivity index (χ0) is 11.8. The standard InChI is InChI=1S/C13H15ClO3/c14-9-1-2-12-10(5-9)11(15)6-13(17-12)8-3-4-16-7-8/h1-2,5,8,11,13,15H,3-4,6-7H2/t8?,11-,13?/m1/s1. The van der Waals surface area contributed by atoms with E-state index >= 15 is 0 Å². The lowest BCUT2D eigenvalue weighted by atomic mass is 9.91. The van der Waals surface area contributed by atoms with E-state index in [-0.39, 0.29) is 6.10 Å². The summed E-state index contributed by atoms with van der Waals surface area (Å²) >= 11 is 5.92. The zero-order valence-electron chi connectivity index (χ0n) is 9.43. The smallest absolute Gasteiger partial charge is 0.125 e. The highest BCUT2D eigenvalue weighted by molar-refractivity contribution is 6.30. The van der Waals surface area contributed by atoms with E-state index < -0.39 is 6.10 Å². The van der Waals surface area contributed by atoms with Crippen molar-refractivity contribution in [2.24, 2.45) is 5.92 Å². The minimum atomic E-state index is -0.483. The van der Waals surface area contributed by atoms with Gasteiger partial charge in [-0.3, -0.25) is 0 Å². The average molecular weight is 255 g/mol. The Bertz CT molecular complexity index is 415. The molecule has 3 rings (SSSR count). The number of fused-ring (bicyclic) bond motifs is 1. The van der Waals surface area contributed by atoms with Gasteiger partial charge in [0.15, 0.2) is 0 Å². The Morgan fingerprint density at radius 2 is 2.24 bits per heavy atom. The average Bonchev–Trinajstić information content (AvgIpc) is 2.83. The molecule has 0 amide bonds. The molecule has 1 fully saturated rings. The number of halogens is 1. The molecule has 1 aromatic carbocycles. The highest BCUT2D eigenvalue weighted by Gasteiger charge is 2.34. The van der Waals surface area contributed by atoms with Gasteiger partial charge in [-0.05, 0) is 24.6 Å². The normalized spacial score (nSPS) is 32.0. The second-order valence-electron chi connectivity index (χ2n) is 4.71. The topological polar surface area (TPSA) is 38.7 Å². The molecule has 3 nitrogen and oxygen atoms in total. The first-order chi connectivity index (χ1) is 8.24. The molecular formula is C13H15ClO3. The summed E-state index contributed by atoms with van der Waals surface area (Å²) in [6.07, 6.45) is 1.21. The molecule has 0 bridgehead atoms. The molecule has 4 heteroatoms. The van der Waals surface area contributed by atoms with E-state index in [1.807, 2.05) is 6.07 Å². The Hall–Kier alpha value is -0.770. The van der Waals surface area contributed by atoms with Crippen LogP contribution in [0.5, 0.6) is 5.75 Å². The van der Waals surface area contributed by atoms with Crippen molar-refractivity contribution in [3.8, 4) is 5.75 Å². The molecule has 2 unspecified atom stereocenters. The third-order valence-corrected chi connectivity index (χ3v) is 3.79. The largest absolute Gasteiger partial charge is 0.490 e. The van der Waals surface area contributed by atoms with Gasteiger partial charge in [-0.2, -0.15) is 0 Å². The van der Waals surface area contributed by atoms with Gasteiger partial charge in [-0.15, -0.1) is 0 Å². The Balaban J connectivity index is 1.84. The molecule has 0 aromatic heterocycles. The monoisotopic (exact) mass is 254 g/mol. The number of benzene rings is 1. The summed E-state index contributed by atoms with van der Waals surface area (Å²) in [5, 5.41) is 10.8. The number of rotatable bonds is 1. The molecule has 17 heavy (non-hydrogen) atoms. The van der Waals surface area contributed by atoms with Gasteiger partial charge in [0.2, 0.25) is 0 Å². The lowest BCUT2D eigenvalue weighted by Gasteiger charge is -2.32. The third kappa shape index (κ3) is 2.15. The summed E-state index contributed by atoms with van der Waals surface area (Å²) in [4.78, 5) is 0. The van der Waals surface area contributed by atoms with Crippen LogP contribution in [-0.4, -0.2) is 24.4 Å². The SMILES string of the molecule is O[C@@H]1CC(C2CCOC2)Oc2ccc(Cl)cc21. The Morgan fingerprint density at radius 3 is 3.00 bits per heavy atom. The van der Waals surface area contributed by atoms with E-state index in [1.54, 1.807) is 12.1 Å². The highest BCUT2D eigenvalue weighted by Crippen LogP contribution is 2.39. The summed E-state index contributed by atoms with van der Waals surface area (Å²) < 4.78 is 11.3. The summed E-state index contributed by atoms with van der Waals surface area (Å²) in [7, 11) is 0. The second kappa shape index (κ2) is 4.48. The predicted molar refractivity (Wildman–Crippen MR) is 64.4 cm³/mol. The molecule has 2 aliphatic heterocycles. The van der Waals surface area contributed by atoms with Crippen LogP contribution in [0.15, 0.2) is 18.2 Å². The lowest BCUT2D eigenvalue weighted by Crippen LogP contribution is -2.33. The first-order valence-corrected chi connectivity index (χ1v) is 6.34. The van der Waals surface area contributed by atoms with Gasteiger partial charge in [-0.25, -0.2) is 0 Å². The van der Waals surface area contributed by atoms with E-state index in [9.17, 15) is 5.11 Å².